The number of benzene rings is 1. The fraction of sp³-hybridized carbons (Fsp3) is 0.267. The number of aryl methyl sites for hydroxylation is 1. The molecule has 19 heavy (non-hydrogen) atoms. The molecule has 1 N–H and O–H groups in total. The number of terminal acetylenes is 1. The SMILES string of the molecule is C#Cc1ccc2oc(C(=O)O)c(C)c2c1[Si](C)(C)C. The molecule has 1 aromatic heterocycles. The monoisotopic (exact) mass is 272 g/mol. The molecule has 0 aliphatic heterocycles. The number of fused-ring (bicyclic) bond motifs is 1. The number of furan rings is 1. The van der Waals surface area contributed by atoms with E-state index in [1.807, 2.05) is 6.07 Å². The van der Waals surface area contributed by atoms with E-state index in [4.69, 9.17) is 15.9 Å². The lowest BCUT2D eigenvalue weighted by atomic mass is 10.1. The molecule has 0 saturated carbocycles. The molecule has 0 saturated heterocycles. The number of hydrogen-bond donors (Lipinski definition) is 1. The lowest BCUT2D eigenvalue weighted by molar-refractivity contribution is 0.0664. The Morgan fingerprint density at radius 2 is 2.00 bits per heavy atom. The number of rotatable bonds is 2. The summed E-state index contributed by atoms with van der Waals surface area (Å²) in [5.74, 6) is 1.66. The van der Waals surface area contributed by atoms with Gasteiger partial charge in [0.05, 0.1) is 8.07 Å². The number of carboxylic acids is 1. The van der Waals surface area contributed by atoms with E-state index in [2.05, 4.69) is 25.6 Å². The predicted octanol–water partition coefficient (Wildman–Crippen LogP) is 2.97. The minimum atomic E-state index is -1.71. The summed E-state index contributed by atoms with van der Waals surface area (Å²) in [5, 5.41) is 11.1. The van der Waals surface area contributed by atoms with Gasteiger partial charge in [0, 0.05) is 16.5 Å². The normalized spacial score (nSPS) is 11.5. The summed E-state index contributed by atoms with van der Waals surface area (Å²) in [5.41, 5.74) is 2.11. The number of aromatic carboxylic acids is 1. The summed E-state index contributed by atoms with van der Waals surface area (Å²) in [7, 11) is -1.71. The first kappa shape index (κ1) is 13.4. The van der Waals surface area contributed by atoms with Crippen molar-refractivity contribution in [1.29, 1.82) is 0 Å². The molecule has 0 fully saturated rings. The van der Waals surface area contributed by atoms with E-state index < -0.39 is 14.0 Å². The zero-order valence-electron chi connectivity index (χ0n) is 11.5. The summed E-state index contributed by atoms with van der Waals surface area (Å²) >= 11 is 0. The molecule has 98 valence electrons. The third-order valence-electron chi connectivity index (χ3n) is 3.19. The van der Waals surface area contributed by atoms with E-state index in [-0.39, 0.29) is 5.76 Å². The van der Waals surface area contributed by atoms with Crippen LogP contribution in [0.25, 0.3) is 11.0 Å². The van der Waals surface area contributed by atoms with Gasteiger partial charge in [-0.05, 0) is 24.2 Å². The first-order valence-electron chi connectivity index (χ1n) is 6.04. The Kier molecular flexibility index (Phi) is 3.03. The standard InChI is InChI=1S/C15H16O3Si/c1-6-10-7-8-11-12(14(10)19(3,4)5)9(2)13(18-11)15(16)17/h1,7-8H,2-5H3,(H,16,17). The Bertz CT molecular complexity index is 712. The quantitative estimate of drug-likeness (QED) is 0.675. The first-order valence-corrected chi connectivity index (χ1v) is 9.54. The van der Waals surface area contributed by atoms with E-state index in [0.29, 0.717) is 11.1 Å². The average Bonchev–Trinajstić information content (AvgIpc) is 2.64. The highest BCUT2D eigenvalue weighted by atomic mass is 28.3. The molecule has 4 heteroatoms. The molecule has 0 aliphatic rings. The molecule has 0 spiro atoms. The summed E-state index contributed by atoms with van der Waals surface area (Å²) < 4.78 is 5.45. The van der Waals surface area contributed by atoms with Crippen molar-refractivity contribution in [3.8, 4) is 12.3 Å². The van der Waals surface area contributed by atoms with Gasteiger partial charge in [-0.15, -0.1) is 6.42 Å². The van der Waals surface area contributed by atoms with Gasteiger partial charge in [0.1, 0.15) is 5.58 Å². The highest BCUT2D eigenvalue weighted by Gasteiger charge is 2.27. The van der Waals surface area contributed by atoms with Crippen molar-refractivity contribution in [2.45, 2.75) is 26.6 Å². The number of carbonyl (C=O) groups is 1. The number of carboxylic acid groups (broad SMARTS) is 1. The van der Waals surface area contributed by atoms with Crippen LogP contribution in [0.2, 0.25) is 19.6 Å². The molecule has 2 aromatic rings. The Labute approximate surface area is 113 Å². The summed E-state index contributed by atoms with van der Waals surface area (Å²) in [6.45, 7) is 8.35. The number of hydrogen-bond acceptors (Lipinski definition) is 2. The summed E-state index contributed by atoms with van der Waals surface area (Å²) in [6, 6.07) is 3.60. The molecule has 1 aromatic carbocycles. The van der Waals surface area contributed by atoms with Crippen molar-refractivity contribution < 1.29 is 14.3 Å². The van der Waals surface area contributed by atoms with Gasteiger partial charge >= 0.3 is 5.97 Å². The highest BCUT2D eigenvalue weighted by Crippen LogP contribution is 2.27. The van der Waals surface area contributed by atoms with Gasteiger partial charge in [-0.25, -0.2) is 4.79 Å². The largest absolute Gasteiger partial charge is 0.475 e. The Hall–Kier alpha value is -1.99. The van der Waals surface area contributed by atoms with Gasteiger partial charge < -0.3 is 9.52 Å². The third-order valence-corrected chi connectivity index (χ3v) is 5.21. The van der Waals surface area contributed by atoms with Gasteiger partial charge in [-0.1, -0.05) is 25.6 Å². The van der Waals surface area contributed by atoms with Gasteiger partial charge in [0.15, 0.2) is 0 Å². The van der Waals surface area contributed by atoms with E-state index >= 15 is 0 Å². The Morgan fingerprint density at radius 3 is 2.47 bits per heavy atom. The van der Waals surface area contributed by atoms with Crippen molar-refractivity contribution in [2.75, 3.05) is 0 Å². The molecule has 0 amide bonds. The Morgan fingerprint density at radius 1 is 1.37 bits per heavy atom. The lowest BCUT2D eigenvalue weighted by Crippen LogP contribution is -2.40. The molecule has 0 atom stereocenters. The maximum absolute atomic E-state index is 11.2. The second-order valence-corrected chi connectivity index (χ2v) is 10.6. The van der Waals surface area contributed by atoms with Crippen molar-refractivity contribution in [3.63, 3.8) is 0 Å². The minimum absolute atomic E-state index is 0.00340. The molecule has 3 nitrogen and oxygen atoms in total. The van der Waals surface area contributed by atoms with Gasteiger partial charge in [-0.3, -0.25) is 0 Å². The van der Waals surface area contributed by atoms with Gasteiger partial charge in [0.25, 0.3) is 0 Å². The minimum Gasteiger partial charge on any atom is -0.475 e. The molecular formula is C15H16O3Si. The second-order valence-electron chi connectivity index (χ2n) is 5.62. The van der Waals surface area contributed by atoms with Crippen LogP contribution in [0.5, 0.6) is 0 Å². The fourth-order valence-electron chi connectivity index (χ4n) is 2.44. The average molecular weight is 272 g/mol. The zero-order valence-corrected chi connectivity index (χ0v) is 12.5. The zero-order chi connectivity index (χ0) is 14.4. The van der Waals surface area contributed by atoms with E-state index in [1.165, 1.54) is 0 Å². The van der Waals surface area contributed by atoms with Crippen LogP contribution in [0.3, 0.4) is 0 Å². The van der Waals surface area contributed by atoms with Gasteiger partial charge in [-0.2, -0.15) is 0 Å². The van der Waals surface area contributed by atoms with Crippen molar-refractivity contribution in [3.05, 3.63) is 29.0 Å². The molecule has 0 aliphatic carbocycles. The van der Waals surface area contributed by atoms with Crippen LogP contribution < -0.4 is 5.19 Å². The molecule has 0 bridgehead atoms. The van der Waals surface area contributed by atoms with Crippen molar-refractivity contribution >= 4 is 30.2 Å². The van der Waals surface area contributed by atoms with Crippen molar-refractivity contribution in [2.24, 2.45) is 0 Å². The highest BCUT2D eigenvalue weighted by molar-refractivity contribution is 6.91. The summed E-state index contributed by atoms with van der Waals surface area (Å²) in [6.07, 6.45) is 5.58. The molecule has 1 heterocycles. The molecule has 0 radical (unpaired) electrons. The predicted molar refractivity (Wildman–Crippen MR) is 78.8 cm³/mol. The van der Waals surface area contributed by atoms with Gasteiger partial charge in [0.2, 0.25) is 5.76 Å². The van der Waals surface area contributed by atoms with Crippen LogP contribution in [0.4, 0.5) is 0 Å². The van der Waals surface area contributed by atoms with E-state index in [0.717, 1.165) is 16.1 Å². The third kappa shape index (κ3) is 2.06. The van der Waals surface area contributed by atoms with Crippen LogP contribution in [0.1, 0.15) is 21.7 Å². The summed E-state index contributed by atoms with van der Waals surface area (Å²) in [4.78, 5) is 11.2. The smallest absolute Gasteiger partial charge is 0.372 e. The molecular weight excluding hydrogens is 256 g/mol. The molecule has 2 rings (SSSR count). The fourth-order valence-corrected chi connectivity index (χ4v) is 4.47. The van der Waals surface area contributed by atoms with Crippen LogP contribution in [0.15, 0.2) is 16.5 Å². The maximum Gasteiger partial charge on any atom is 0.372 e. The lowest BCUT2D eigenvalue weighted by Gasteiger charge is -2.20. The van der Waals surface area contributed by atoms with Crippen molar-refractivity contribution in [1.82, 2.24) is 0 Å². The van der Waals surface area contributed by atoms with Crippen LogP contribution in [0, 0.1) is 19.3 Å². The van der Waals surface area contributed by atoms with E-state index in [9.17, 15) is 4.79 Å². The first-order chi connectivity index (χ1) is 8.77. The topological polar surface area (TPSA) is 50.4 Å². The van der Waals surface area contributed by atoms with Crippen LogP contribution in [-0.2, 0) is 0 Å². The second kappa shape index (κ2) is 4.28. The maximum atomic E-state index is 11.2. The van der Waals surface area contributed by atoms with E-state index in [1.54, 1.807) is 13.0 Å². The Balaban J connectivity index is 2.98. The van der Waals surface area contributed by atoms with Crippen LogP contribution in [-0.4, -0.2) is 19.1 Å². The van der Waals surface area contributed by atoms with Crippen LogP contribution >= 0.6 is 0 Å². The molecule has 0 unspecified atom stereocenters.